The summed E-state index contributed by atoms with van der Waals surface area (Å²) < 4.78 is 5.21. The van der Waals surface area contributed by atoms with Gasteiger partial charge in [-0.3, -0.25) is 4.79 Å². The van der Waals surface area contributed by atoms with Gasteiger partial charge in [0.05, 0.1) is 12.5 Å². The third kappa shape index (κ3) is 12.9. The highest BCUT2D eigenvalue weighted by molar-refractivity contribution is 5.69. The highest BCUT2D eigenvalue weighted by Gasteiger charge is 2.11. The summed E-state index contributed by atoms with van der Waals surface area (Å²) in [5.41, 5.74) is 0.973. The third-order valence-electron chi connectivity index (χ3n) is 4.79. The van der Waals surface area contributed by atoms with Crippen molar-refractivity contribution in [1.29, 1.82) is 0 Å². The minimum Gasteiger partial charge on any atom is -0.461 e. The first-order chi connectivity index (χ1) is 12.7. The number of benzene rings is 1. The van der Waals surface area contributed by atoms with Crippen LogP contribution < -0.4 is 0 Å². The van der Waals surface area contributed by atoms with Crippen molar-refractivity contribution in [2.45, 2.75) is 103 Å². The summed E-state index contributed by atoms with van der Waals surface area (Å²) in [6.07, 6.45) is 14.4. The molecule has 0 heterocycles. The van der Waals surface area contributed by atoms with Crippen molar-refractivity contribution in [2.75, 3.05) is 0 Å². The van der Waals surface area contributed by atoms with E-state index < -0.39 is 6.10 Å². The van der Waals surface area contributed by atoms with Crippen molar-refractivity contribution in [3.63, 3.8) is 0 Å². The number of ether oxygens (including phenoxy) is 1. The van der Waals surface area contributed by atoms with Gasteiger partial charge in [0.25, 0.3) is 0 Å². The Bertz CT molecular complexity index is 444. The Morgan fingerprint density at radius 2 is 1.42 bits per heavy atom. The van der Waals surface area contributed by atoms with E-state index in [4.69, 9.17) is 4.74 Å². The Morgan fingerprint density at radius 1 is 0.885 bits per heavy atom. The van der Waals surface area contributed by atoms with Crippen LogP contribution >= 0.6 is 0 Å². The monoisotopic (exact) mass is 362 g/mol. The number of carbonyl (C=O) groups excluding carboxylic acids is 1. The van der Waals surface area contributed by atoms with E-state index in [0.717, 1.165) is 18.4 Å². The molecule has 0 spiro atoms. The molecule has 1 aromatic rings. The van der Waals surface area contributed by atoms with Crippen LogP contribution in [0.3, 0.4) is 0 Å². The Balaban J connectivity index is 1.90. The van der Waals surface area contributed by atoms with E-state index in [1.165, 1.54) is 57.8 Å². The van der Waals surface area contributed by atoms with Crippen molar-refractivity contribution in [3.05, 3.63) is 35.9 Å². The Morgan fingerprint density at radius 3 is 2.00 bits per heavy atom. The minimum atomic E-state index is -0.572. The lowest BCUT2D eigenvalue weighted by molar-refractivity contribution is -0.147. The molecule has 0 saturated carbocycles. The SMILES string of the molecule is CCCCCCCCCCCCCC(O)CC(=O)OCc1ccccc1. The molecule has 0 aliphatic heterocycles. The lowest BCUT2D eigenvalue weighted by Gasteiger charge is -2.10. The van der Waals surface area contributed by atoms with Crippen LogP contribution in [0.15, 0.2) is 30.3 Å². The van der Waals surface area contributed by atoms with Gasteiger partial charge < -0.3 is 9.84 Å². The average molecular weight is 363 g/mol. The number of unbranched alkanes of at least 4 members (excludes halogenated alkanes) is 10. The second-order valence-corrected chi connectivity index (χ2v) is 7.33. The van der Waals surface area contributed by atoms with Crippen molar-refractivity contribution < 1.29 is 14.6 Å². The highest BCUT2D eigenvalue weighted by atomic mass is 16.5. The number of rotatable bonds is 16. The summed E-state index contributed by atoms with van der Waals surface area (Å²) in [7, 11) is 0. The fourth-order valence-corrected chi connectivity index (χ4v) is 3.14. The maximum absolute atomic E-state index is 11.7. The zero-order chi connectivity index (χ0) is 18.9. The predicted molar refractivity (Wildman–Crippen MR) is 108 cm³/mol. The van der Waals surface area contributed by atoms with Gasteiger partial charge in [0.1, 0.15) is 6.61 Å². The molecule has 1 N–H and O–H groups in total. The third-order valence-corrected chi connectivity index (χ3v) is 4.79. The Kier molecular flexibility index (Phi) is 13.8. The van der Waals surface area contributed by atoms with Crippen LogP contribution in [0, 0.1) is 0 Å². The van der Waals surface area contributed by atoms with Crippen molar-refractivity contribution in [3.8, 4) is 0 Å². The number of aliphatic hydroxyl groups excluding tert-OH is 1. The van der Waals surface area contributed by atoms with E-state index in [2.05, 4.69) is 6.92 Å². The van der Waals surface area contributed by atoms with Gasteiger partial charge >= 0.3 is 5.97 Å². The number of carbonyl (C=O) groups is 1. The molecular weight excluding hydrogens is 324 g/mol. The molecule has 1 aromatic carbocycles. The van der Waals surface area contributed by atoms with Crippen molar-refractivity contribution in [1.82, 2.24) is 0 Å². The minimum absolute atomic E-state index is 0.102. The smallest absolute Gasteiger partial charge is 0.308 e. The van der Waals surface area contributed by atoms with Crippen LogP contribution in [0.2, 0.25) is 0 Å². The predicted octanol–water partition coefficient (Wildman–Crippen LogP) is 6.18. The zero-order valence-corrected chi connectivity index (χ0v) is 16.6. The van der Waals surface area contributed by atoms with E-state index in [0.29, 0.717) is 6.42 Å². The molecule has 0 aliphatic carbocycles. The fraction of sp³-hybridized carbons (Fsp3) is 0.696. The van der Waals surface area contributed by atoms with Gasteiger partial charge in [-0.05, 0) is 12.0 Å². The van der Waals surface area contributed by atoms with Crippen LogP contribution in [0.4, 0.5) is 0 Å². The van der Waals surface area contributed by atoms with Gasteiger partial charge in [0.2, 0.25) is 0 Å². The van der Waals surface area contributed by atoms with Crippen LogP contribution in [0.1, 0.15) is 96.0 Å². The van der Waals surface area contributed by atoms with E-state index in [1.807, 2.05) is 30.3 Å². The number of hydrogen-bond donors (Lipinski definition) is 1. The first-order valence-corrected chi connectivity index (χ1v) is 10.6. The molecule has 0 fully saturated rings. The fourth-order valence-electron chi connectivity index (χ4n) is 3.14. The quantitative estimate of drug-likeness (QED) is 0.282. The summed E-state index contributed by atoms with van der Waals surface area (Å²) in [4.78, 5) is 11.7. The molecule has 1 unspecified atom stereocenters. The molecule has 0 amide bonds. The van der Waals surface area contributed by atoms with E-state index in [1.54, 1.807) is 0 Å². The topological polar surface area (TPSA) is 46.5 Å². The van der Waals surface area contributed by atoms with Crippen molar-refractivity contribution in [2.24, 2.45) is 0 Å². The lowest BCUT2D eigenvalue weighted by atomic mass is 10.0. The first-order valence-electron chi connectivity index (χ1n) is 10.6. The Hall–Kier alpha value is -1.35. The second kappa shape index (κ2) is 15.9. The molecule has 0 aliphatic rings. The van der Waals surface area contributed by atoms with Gasteiger partial charge in [-0.25, -0.2) is 0 Å². The van der Waals surface area contributed by atoms with E-state index in [9.17, 15) is 9.90 Å². The van der Waals surface area contributed by atoms with Crippen LogP contribution in [0.25, 0.3) is 0 Å². The molecule has 3 heteroatoms. The zero-order valence-electron chi connectivity index (χ0n) is 16.6. The van der Waals surface area contributed by atoms with Gasteiger partial charge in [-0.15, -0.1) is 0 Å². The van der Waals surface area contributed by atoms with Crippen LogP contribution in [-0.2, 0) is 16.1 Å². The molecular formula is C23H38O3. The highest BCUT2D eigenvalue weighted by Crippen LogP contribution is 2.13. The summed E-state index contributed by atoms with van der Waals surface area (Å²) in [6, 6.07) is 9.63. The number of aliphatic hydroxyl groups is 1. The average Bonchev–Trinajstić information content (AvgIpc) is 2.65. The van der Waals surface area contributed by atoms with E-state index in [-0.39, 0.29) is 19.0 Å². The molecule has 0 radical (unpaired) electrons. The van der Waals surface area contributed by atoms with Crippen molar-refractivity contribution >= 4 is 5.97 Å². The molecule has 26 heavy (non-hydrogen) atoms. The molecule has 1 atom stereocenters. The maximum atomic E-state index is 11.7. The lowest BCUT2D eigenvalue weighted by Crippen LogP contribution is -2.15. The summed E-state index contributed by atoms with van der Waals surface area (Å²) in [5.74, 6) is -0.315. The number of esters is 1. The Labute approximate surface area is 160 Å². The van der Waals surface area contributed by atoms with Gasteiger partial charge in [0, 0.05) is 0 Å². The van der Waals surface area contributed by atoms with Gasteiger partial charge in [-0.1, -0.05) is 108 Å². The van der Waals surface area contributed by atoms with Crippen LogP contribution in [-0.4, -0.2) is 17.2 Å². The summed E-state index contributed by atoms with van der Waals surface area (Å²) >= 11 is 0. The summed E-state index contributed by atoms with van der Waals surface area (Å²) in [5, 5.41) is 9.96. The largest absolute Gasteiger partial charge is 0.461 e. The molecule has 0 aromatic heterocycles. The van der Waals surface area contributed by atoms with E-state index >= 15 is 0 Å². The van der Waals surface area contributed by atoms with Gasteiger partial charge in [0.15, 0.2) is 0 Å². The normalized spacial score (nSPS) is 12.1. The first kappa shape index (κ1) is 22.7. The number of hydrogen-bond acceptors (Lipinski definition) is 3. The molecule has 0 bridgehead atoms. The molecule has 1 rings (SSSR count). The molecule has 3 nitrogen and oxygen atoms in total. The standard InChI is InChI=1S/C23H38O3/c1-2-3-4-5-6-7-8-9-10-11-15-18-22(24)19-23(25)26-20-21-16-13-12-14-17-21/h12-14,16-17,22,24H,2-11,15,18-20H2,1H3. The molecule has 148 valence electrons. The van der Waals surface area contributed by atoms with Gasteiger partial charge in [-0.2, -0.15) is 0 Å². The molecule has 0 saturated heterocycles. The summed E-state index contributed by atoms with van der Waals surface area (Å²) in [6.45, 7) is 2.54. The second-order valence-electron chi connectivity index (χ2n) is 7.33. The maximum Gasteiger partial charge on any atom is 0.308 e. The van der Waals surface area contributed by atoms with Crippen LogP contribution in [0.5, 0.6) is 0 Å².